The van der Waals surface area contributed by atoms with E-state index >= 15 is 0 Å². The Bertz CT molecular complexity index is 1240. The molecule has 0 aromatic carbocycles. The zero-order valence-corrected chi connectivity index (χ0v) is 17.8. The minimum atomic E-state index is -4.63. The first-order chi connectivity index (χ1) is 14.7. The minimum Gasteiger partial charge on any atom is -0.311 e. The van der Waals surface area contributed by atoms with Gasteiger partial charge >= 0.3 is 6.18 Å². The summed E-state index contributed by atoms with van der Waals surface area (Å²) in [5, 5.41) is 8.09. The van der Waals surface area contributed by atoms with Crippen LogP contribution in [0, 0.1) is 5.92 Å². The molecule has 3 aromatic rings. The summed E-state index contributed by atoms with van der Waals surface area (Å²) in [5.74, 6) is 0.108. The summed E-state index contributed by atoms with van der Waals surface area (Å²) in [5.41, 5.74) is -0.523. The number of aromatic nitrogens is 4. The molecule has 6 nitrogen and oxygen atoms in total. The molecule has 2 fully saturated rings. The van der Waals surface area contributed by atoms with Crippen LogP contribution in [-0.4, -0.2) is 26.4 Å². The Kier molecular flexibility index (Phi) is 4.50. The maximum atomic E-state index is 13.2. The molecule has 5 rings (SSSR count). The van der Waals surface area contributed by atoms with Gasteiger partial charge in [0.15, 0.2) is 11.2 Å². The zero-order valence-electron chi connectivity index (χ0n) is 17.0. The maximum absolute atomic E-state index is 13.2. The molecular weight excluding hydrogens is 431 g/mol. The predicted molar refractivity (Wildman–Crippen MR) is 110 cm³/mol. The Morgan fingerprint density at radius 1 is 1.23 bits per heavy atom. The van der Waals surface area contributed by atoms with Crippen molar-refractivity contribution in [3.8, 4) is 0 Å². The Labute approximate surface area is 181 Å². The van der Waals surface area contributed by atoms with Crippen molar-refractivity contribution in [2.45, 2.75) is 43.4 Å². The summed E-state index contributed by atoms with van der Waals surface area (Å²) in [7, 11) is 3.51. The summed E-state index contributed by atoms with van der Waals surface area (Å²) >= 11 is 6.02. The van der Waals surface area contributed by atoms with Crippen LogP contribution in [0.25, 0.3) is 10.9 Å². The number of alkyl halides is 3. The van der Waals surface area contributed by atoms with Crippen LogP contribution in [-0.2, 0) is 18.8 Å². The van der Waals surface area contributed by atoms with Gasteiger partial charge in [0.25, 0.3) is 5.56 Å². The van der Waals surface area contributed by atoms with Gasteiger partial charge < -0.3 is 9.88 Å². The normalized spacial score (nSPS) is 19.0. The highest BCUT2D eigenvalue weighted by atomic mass is 35.5. The lowest BCUT2D eigenvalue weighted by atomic mass is 9.81. The highest BCUT2D eigenvalue weighted by molar-refractivity contribution is 6.31. The van der Waals surface area contributed by atoms with Crippen LogP contribution >= 0.6 is 11.6 Å². The summed E-state index contributed by atoms with van der Waals surface area (Å²) in [6.45, 7) is 0. The smallest absolute Gasteiger partial charge is 0.311 e. The Morgan fingerprint density at radius 2 is 1.94 bits per heavy atom. The second-order valence-corrected chi connectivity index (χ2v) is 8.79. The molecule has 2 aliphatic rings. The molecule has 3 aromatic heterocycles. The number of fused-ring (bicyclic) bond motifs is 1. The summed E-state index contributed by atoms with van der Waals surface area (Å²) in [6, 6.07) is 3.43. The number of rotatable bonds is 5. The molecule has 2 aliphatic carbocycles. The third-order valence-electron chi connectivity index (χ3n) is 6.39. The fourth-order valence-electron chi connectivity index (χ4n) is 4.72. The van der Waals surface area contributed by atoms with Crippen molar-refractivity contribution in [1.82, 2.24) is 24.6 Å². The number of hydrogen-bond acceptors (Lipinski definition) is 4. The number of halogens is 4. The lowest BCUT2D eigenvalue weighted by Gasteiger charge is -2.35. The number of pyridine rings is 2. The molecule has 0 radical (unpaired) electrons. The van der Waals surface area contributed by atoms with Crippen LogP contribution in [0.3, 0.4) is 0 Å². The topological polar surface area (TPSA) is 64.7 Å². The van der Waals surface area contributed by atoms with Crippen LogP contribution in [0.1, 0.15) is 48.7 Å². The molecule has 1 unspecified atom stereocenters. The van der Waals surface area contributed by atoms with E-state index in [9.17, 15) is 18.0 Å². The fourth-order valence-corrected chi connectivity index (χ4v) is 4.99. The third kappa shape index (κ3) is 3.09. The predicted octanol–water partition coefficient (Wildman–Crippen LogP) is 4.01. The van der Waals surface area contributed by atoms with Gasteiger partial charge in [-0.05, 0) is 56.3 Å². The Balaban J connectivity index is 1.75. The van der Waals surface area contributed by atoms with Gasteiger partial charge in [-0.25, -0.2) is 4.98 Å². The van der Waals surface area contributed by atoms with E-state index in [4.69, 9.17) is 11.6 Å². The van der Waals surface area contributed by atoms with Crippen molar-refractivity contribution >= 4 is 22.5 Å². The van der Waals surface area contributed by atoms with Crippen molar-refractivity contribution in [2.75, 3.05) is 7.05 Å². The lowest BCUT2D eigenvalue weighted by molar-refractivity contribution is -0.141. The van der Waals surface area contributed by atoms with Gasteiger partial charge in [-0.15, -0.1) is 0 Å². The number of nitrogens with one attached hydrogen (secondary N) is 1. The minimum absolute atomic E-state index is 0.108. The van der Waals surface area contributed by atoms with Crippen molar-refractivity contribution < 1.29 is 13.2 Å². The summed E-state index contributed by atoms with van der Waals surface area (Å²) < 4.78 is 43.0. The number of nitrogens with zero attached hydrogens (tertiary/aromatic N) is 4. The first-order valence-corrected chi connectivity index (χ1v) is 10.6. The number of aryl methyl sites for hydroxylation is 1. The first kappa shape index (κ1) is 20.5. The maximum Gasteiger partial charge on any atom is 0.434 e. The molecule has 0 spiro atoms. The molecule has 0 bridgehead atoms. The monoisotopic (exact) mass is 451 g/mol. The average Bonchev–Trinajstić information content (AvgIpc) is 3.61. The van der Waals surface area contributed by atoms with Crippen LogP contribution in [0.15, 0.2) is 29.3 Å². The van der Waals surface area contributed by atoms with Gasteiger partial charge in [0, 0.05) is 30.9 Å². The van der Waals surface area contributed by atoms with E-state index in [0.29, 0.717) is 16.5 Å². The molecule has 10 heteroatoms. The lowest BCUT2D eigenvalue weighted by Crippen LogP contribution is -2.45. The molecular formula is C21H21ClF3N5O. The van der Waals surface area contributed by atoms with E-state index in [2.05, 4.69) is 15.4 Å². The SMILES string of the molecule is CNC(c1cnc(C(F)(F)F)c(Cl)c1)(c1c2ccn(C3CC3)c(=O)c2nn1C)C1CC1. The van der Waals surface area contributed by atoms with Crippen LogP contribution in [0.4, 0.5) is 13.2 Å². The molecule has 164 valence electrons. The Hall–Kier alpha value is -2.39. The summed E-state index contributed by atoms with van der Waals surface area (Å²) in [4.78, 5) is 16.7. The Morgan fingerprint density at radius 3 is 2.48 bits per heavy atom. The standard InChI is InChI=1S/C21H21ClF3N5O/c1-26-20(11-3-4-11,12-9-15(22)17(27-10-12)21(23,24)25)18-14-7-8-30(13-5-6-13)19(31)16(14)28-29(18)2/h7-11,13,26H,3-6H2,1-2H3. The first-order valence-electron chi connectivity index (χ1n) is 10.2. The zero-order chi connectivity index (χ0) is 22.1. The van der Waals surface area contributed by atoms with Crippen molar-refractivity contribution in [3.05, 3.63) is 56.9 Å². The molecule has 0 aliphatic heterocycles. The van der Waals surface area contributed by atoms with E-state index < -0.39 is 22.4 Å². The molecule has 2 saturated carbocycles. The molecule has 1 N–H and O–H groups in total. The van der Waals surface area contributed by atoms with E-state index in [1.54, 1.807) is 29.5 Å². The van der Waals surface area contributed by atoms with Crippen LogP contribution in [0.2, 0.25) is 5.02 Å². The second-order valence-electron chi connectivity index (χ2n) is 8.38. The fraction of sp³-hybridized carbons (Fsp3) is 0.476. The van der Waals surface area contributed by atoms with E-state index in [1.807, 2.05) is 6.07 Å². The van der Waals surface area contributed by atoms with Gasteiger partial charge in [0.05, 0.1) is 16.3 Å². The average molecular weight is 452 g/mol. The van der Waals surface area contributed by atoms with Crippen LogP contribution < -0.4 is 10.9 Å². The summed E-state index contributed by atoms with van der Waals surface area (Å²) in [6.07, 6.45) is 2.10. The van der Waals surface area contributed by atoms with Crippen molar-refractivity contribution in [2.24, 2.45) is 13.0 Å². The largest absolute Gasteiger partial charge is 0.434 e. The van der Waals surface area contributed by atoms with Gasteiger partial charge in [-0.1, -0.05) is 11.6 Å². The van der Waals surface area contributed by atoms with Gasteiger partial charge in [0.1, 0.15) is 0 Å². The van der Waals surface area contributed by atoms with E-state index in [0.717, 1.165) is 31.4 Å². The third-order valence-corrected chi connectivity index (χ3v) is 6.67. The van der Waals surface area contributed by atoms with Crippen molar-refractivity contribution in [1.29, 1.82) is 0 Å². The molecule has 1 atom stereocenters. The van der Waals surface area contributed by atoms with Gasteiger partial charge in [-0.2, -0.15) is 18.3 Å². The van der Waals surface area contributed by atoms with Gasteiger partial charge in [-0.3, -0.25) is 9.48 Å². The molecule has 31 heavy (non-hydrogen) atoms. The highest BCUT2D eigenvalue weighted by Crippen LogP contribution is 2.51. The molecule has 0 amide bonds. The molecule has 3 heterocycles. The second kappa shape index (κ2) is 6.80. The van der Waals surface area contributed by atoms with Crippen molar-refractivity contribution in [3.63, 3.8) is 0 Å². The number of hydrogen-bond donors (Lipinski definition) is 1. The van der Waals surface area contributed by atoms with E-state index in [-0.39, 0.29) is 17.5 Å². The molecule has 0 saturated heterocycles. The van der Waals surface area contributed by atoms with Crippen LogP contribution in [0.5, 0.6) is 0 Å². The highest BCUT2D eigenvalue weighted by Gasteiger charge is 2.50. The van der Waals surface area contributed by atoms with Gasteiger partial charge in [0.2, 0.25) is 0 Å². The quantitative estimate of drug-likeness (QED) is 0.636. The van der Waals surface area contributed by atoms with E-state index in [1.165, 1.54) is 12.3 Å².